The Kier molecular flexibility index (Phi) is 2.83. The summed E-state index contributed by atoms with van der Waals surface area (Å²) in [6.45, 7) is 0. The van der Waals surface area contributed by atoms with E-state index in [2.05, 4.69) is 9.97 Å². The number of nitrogens with zero attached hydrogens (tertiary/aromatic N) is 2. The van der Waals surface area contributed by atoms with Crippen LogP contribution in [0.5, 0.6) is 0 Å². The van der Waals surface area contributed by atoms with Gasteiger partial charge in [-0.2, -0.15) is 0 Å². The maximum absolute atomic E-state index is 11.0. The number of carboxylic acid groups (broad SMARTS) is 1. The molecule has 0 radical (unpaired) electrons. The highest BCUT2D eigenvalue weighted by Gasteiger charge is 2.15. The summed E-state index contributed by atoms with van der Waals surface area (Å²) >= 11 is 5.91. The molecule has 0 spiro atoms. The number of halogens is 1. The summed E-state index contributed by atoms with van der Waals surface area (Å²) in [5.41, 5.74) is 1.15. The van der Waals surface area contributed by atoms with Crippen LogP contribution in [-0.2, 0) is 0 Å². The SMILES string of the molecule is O=C(O)c1ccnc(Cl)c1-c1cccnc1. The molecule has 0 bridgehead atoms. The largest absolute Gasteiger partial charge is 0.478 e. The molecule has 0 saturated carbocycles. The number of rotatable bonds is 2. The van der Waals surface area contributed by atoms with E-state index < -0.39 is 5.97 Å². The summed E-state index contributed by atoms with van der Waals surface area (Å²) in [7, 11) is 0. The van der Waals surface area contributed by atoms with Crippen LogP contribution >= 0.6 is 11.6 Å². The summed E-state index contributed by atoms with van der Waals surface area (Å²) in [5.74, 6) is -1.04. The van der Waals surface area contributed by atoms with E-state index >= 15 is 0 Å². The van der Waals surface area contributed by atoms with Crippen molar-refractivity contribution in [2.45, 2.75) is 0 Å². The molecule has 0 fully saturated rings. The topological polar surface area (TPSA) is 63.1 Å². The maximum atomic E-state index is 11.0. The van der Waals surface area contributed by atoms with Crippen molar-refractivity contribution in [3.63, 3.8) is 0 Å². The lowest BCUT2D eigenvalue weighted by atomic mass is 10.0. The second-order valence-electron chi connectivity index (χ2n) is 3.07. The van der Waals surface area contributed by atoms with E-state index in [4.69, 9.17) is 16.7 Å². The predicted molar refractivity (Wildman–Crippen MR) is 59.4 cm³/mol. The molecule has 16 heavy (non-hydrogen) atoms. The first kappa shape index (κ1) is 10.6. The zero-order valence-corrected chi connectivity index (χ0v) is 8.85. The molecule has 0 atom stereocenters. The van der Waals surface area contributed by atoms with Crippen LogP contribution < -0.4 is 0 Å². The standard InChI is InChI=1S/C11H7ClN2O2/c12-10-9(7-2-1-4-13-6-7)8(11(15)16)3-5-14-10/h1-6H,(H,15,16). The van der Waals surface area contributed by atoms with Gasteiger partial charge in [-0.25, -0.2) is 9.78 Å². The van der Waals surface area contributed by atoms with Gasteiger partial charge >= 0.3 is 5.97 Å². The Hall–Kier alpha value is -1.94. The molecule has 0 aliphatic heterocycles. The number of pyridine rings is 2. The Morgan fingerprint density at radius 2 is 2.12 bits per heavy atom. The maximum Gasteiger partial charge on any atom is 0.336 e. The number of hydrogen-bond acceptors (Lipinski definition) is 3. The number of hydrogen-bond donors (Lipinski definition) is 1. The zero-order valence-electron chi connectivity index (χ0n) is 8.09. The van der Waals surface area contributed by atoms with Gasteiger partial charge in [-0.15, -0.1) is 0 Å². The van der Waals surface area contributed by atoms with Crippen LogP contribution in [0.4, 0.5) is 0 Å². The first-order valence-electron chi connectivity index (χ1n) is 4.48. The van der Waals surface area contributed by atoms with Crippen molar-refractivity contribution in [3.8, 4) is 11.1 Å². The van der Waals surface area contributed by atoms with Gasteiger partial charge in [0.1, 0.15) is 5.15 Å². The monoisotopic (exact) mass is 234 g/mol. The van der Waals surface area contributed by atoms with Crippen molar-refractivity contribution in [3.05, 3.63) is 47.5 Å². The highest BCUT2D eigenvalue weighted by atomic mass is 35.5. The Balaban J connectivity index is 2.68. The van der Waals surface area contributed by atoms with Gasteiger partial charge < -0.3 is 5.11 Å². The first-order valence-corrected chi connectivity index (χ1v) is 4.86. The number of aromatic nitrogens is 2. The number of aromatic carboxylic acids is 1. The van der Waals surface area contributed by atoms with Crippen molar-refractivity contribution in [2.24, 2.45) is 0 Å². The molecule has 2 aromatic rings. The van der Waals surface area contributed by atoms with Gasteiger partial charge in [0.2, 0.25) is 0 Å². The van der Waals surface area contributed by atoms with Crippen molar-refractivity contribution >= 4 is 17.6 Å². The lowest BCUT2D eigenvalue weighted by Gasteiger charge is -2.06. The fraction of sp³-hybridized carbons (Fsp3) is 0. The van der Waals surface area contributed by atoms with Gasteiger partial charge in [0.05, 0.1) is 5.56 Å². The molecule has 0 saturated heterocycles. The third-order valence-corrected chi connectivity index (χ3v) is 2.37. The summed E-state index contributed by atoms with van der Waals surface area (Å²) in [5, 5.41) is 9.20. The van der Waals surface area contributed by atoms with E-state index in [1.807, 2.05) is 0 Å². The Morgan fingerprint density at radius 3 is 2.75 bits per heavy atom. The molecule has 0 aliphatic carbocycles. The molecule has 2 aromatic heterocycles. The van der Waals surface area contributed by atoms with Crippen molar-refractivity contribution in [2.75, 3.05) is 0 Å². The molecule has 2 rings (SSSR count). The molecule has 1 N–H and O–H groups in total. The average Bonchev–Trinajstić information content (AvgIpc) is 2.29. The van der Waals surface area contributed by atoms with Crippen LogP contribution in [0.2, 0.25) is 5.15 Å². The normalized spacial score (nSPS) is 10.1. The third-order valence-electron chi connectivity index (χ3n) is 2.09. The minimum atomic E-state index is -1.04. The van der Waals surface area contributed by atoms with Crippen molar-refractivity contribution < 1.29 is 9.90 Å². The third kappa shape index (κ3) is 1.87. The summed E-state index contributed by atoms with van der Waals surface area (Å²) in [4.78, 5) is 18.8. The molecule has 2 heterocycles. The van der Waals surface area contributed by atoms with Gasteiger partial charge in [0.25, 0.3) is 0 Å². The van der Waals surface area contributed by atoms with E-state index in [9.17, 15) is 4.79 Å². The van der Waals surface area contributed by atoms with E-state index in [0.717, 1.165) is 0 Å². The fourth-order valence-electron chi connectivity index (χ4n) is 1.40. The van der Waals surface area contributed by atoms with Crippen molar-refractivity contribution in [1.82, 2.24) is 9.97 Å². The van der Waals surface area contributed by atoms with Crippen LogP contribution in [-0.4, -0.2) is 21.0 Å². The second-order valence-corrected chi connectivity index (χ2v) is 3.43. The summed E-state index contributed by atoms with van der Waals surface area (Å²) < 4.78 is 0. The predicted octanol–water partition coefficient (Wildman–Crippen LogP) is 2.50. The minimum absolute atomic E-state index is 0.119. The minimum Gasteiger partial charge on any atom is -0.478 e. The van der Waals surface area contributed by atoms with Gasteiger partial charge in [-0.05, 0) is 12.1 Å². The highest BCUT2D eigenvalue weighted by Crippen LogP contribution is 2.28. The quantitative estimate of drug-likeness (QED) is 0.811. The summed E-state index contributed by atoms with van der Waals surface area (Å²) in [6.07, 6.45) is 4.52. The number of carbonyl (C=O) groups is 1. The Bertz CT molecular complexity index is 529. The highest BCUT2D eigenvalue weighted by molar-refractivity contribution is 6.32. The van der Waals surface area contributed by atoms with E-state index in [1.165, 1.54) is 12.3 Å². The van der Waals surface area contributed by atoms with Crippen LogP contribution in [0.25, 0.3) is 11.1 Å². The van der Waals surface area contributed by atoms with Crippen LogP contribution in [0.3, 0.4) is 0 Å². The Labute approximate surface area is 96.6 Å². The Morgan fingerprint density at radius 1 is 1.31 bits per heavy atom. The molecule has 0 aliphatic rings. The van der Waals surface area contributed by atoms with Crippen LogP contribution in [0.1, 0.15) is 10.4 Å². The van der Waals surface area contributed by atoms with E-state index in [1.54, 1.807) is 24.5 Å². The molecule has 4 nitrogen and oxygen atoms in total. The molecular formula is C11H7ClN2O2. The average molecular weight is 235 g/mol. The van der Waals surface area contributed by atoms with E-state index in [-0.39, 0.29) is 10.7 Å². The molecular weight excluding hydrogens is 228 g/mol. The zero-order chi connectivity index (χ0) is 11.5. The fourth-order valence-corrected chi connectivity index (χ4v) is 1.67. The molecule has 0 aromatic carbocycles. The van der Waals surface area contributed by atoms with Crippen LogP contribution in [0, 0.1) is 0 Å². The second kappa shape index (κ2) is 4.28. The van der Waals surface area contributed by atoms with Gasteiger partial charge in [0, 0.05) is 29.7 Å². The van der Waals surface area contributed by atoms with Crippen LogP contribution in [0.15, 0.2) is 36.8 Å². The lowest BCUT2D eigenvalue weighted by molar-refractivity contribution is 0.0697. The molecule has 0 unspecified atom stereocenters. The van der Waals surface area contributed by atoms with E-state index in [0.29, 0.717) is 11.1 Å². The van der Waals surface area contributed by atoms with Crippen molar-refractivity contribution in [1.29, 1.82) is 0 Å². The molecule has 5 heteroatoms. The van der Waals surface area contributed by atoms with Gasteiger partial charge in [-0.1, -0.05) is 17.7 Å². The molecule has 0 amide bonds. The number of carboxylic acids is 1. The lowest BCUT2D eigenvalue weighted by Crippen LogP contribution is -2.01. The first-order chi connectivity index (χ1) is 7.70. The summed E-state index contributed by atoms with van der Waals surface area (Å²) in [6, 6.07) is 4.86. The molecule has 80 valence electrons. The smallest absolute Gasteiger partial charge is 0.336 e. The van der Waals surface area contributed by atoms with Gasteiger partial charge in [-0.3, -0.25) is 4.98 Å². The van der Waals surface area contributed by atoms with Gasteiger partial charge in [0.15, 0.2) is 0 Å².